The number of halogens is 1. The lowest BCUT2D eigenvalue weighted by Gasteiger charge is -2.24. The van der Waals surface area contributed by atoms with Crippen LogP contribution in [0.4, 0.5) is 10.2 Å². The Balaban J connectivity index is 1.67. The van der Waals surface area contributed by atoms with Gasteiger partial charge in [-0.2, -0.15) is 5.26 Å². The number of hydrogen-bond donors (Lipinski definition) is 0. The van der Waals surface area contributed by atoms with Gasteiger partial charge in [0.15, 0.2) is 11.6 Å². The summed E-state index contributed by atoms with van der Waals surface area (Å²) >= 11 is 0. The summed E-state index contributed by atoms with van der Waals surface area (Å²) in [5.41, 5.74) is 0.0254. The van der Waals surface area contributed by atoms with Gasteiger partial charge in [-0.1, -0.05) is 13.3 Å². The van der Waals surface area contributed by atoms with Crippen molar-refractivity contribution < 1.29 is 8.81 Å². The van der Waals surface area contributed by atoms with Gasteiger partial charge in [-0.3, -0.25) is 0 Å². The third kappa shape index (κ3) is 2.17. The summed E-state index contributed by atoms with van der Waals surface area (Å²) in [5.74, 6) is 1.53. The zero-order chi connectivity index (χ0) is 16.7. The zero-order valence-corrected chi connectivity index (χ0v) is 13.5. The standard InChI is InChI=1S/C17H18FN5O/c1-2-14-21-22-16(24-14)17-5-3-4-12(17)9-23(10-17)15-13(18)6-11(7-19)8-20-15/h6,8,12H,2-5,9-10H2,1H3/t12-,17-/m0/s1. The van der Waals surface area contributed by atoms with Crippen LogP contribution in [0.25, 0.3) is 0 Å². The highest BCUT2D eigenvalue weighted by molar-refractivity contribution is 5.47. The highest BCUT2D eigenvalue weighted by Gasteiger charge is 2.54. The van der Waals surface area contributed by atoms with E-state index >= 15 is 0 Å². The van der Waals surface area contributed by atoms with E-state index in [9.17, 15) is 4.39 Å². The third-order valence-corrected chi connectivity index (χ3v) is 5.32. The molecule has 1 aliphatic carbocycles. The minimum absolute atomic E-state index is 0.206. The van der Waals surface area contributed by atoms with Crippen LogP contribution in [0.3, 0.4) is 0 Å². The molecule has 7 heteroatoms. The lowest BCUT2D eigenvalue weighted by Crippen LogP contribution is -2.32. The van der Waals surface area contributed by atoms with Crippen molar-refractivity contribution >= 4 is 5.82 Å². The molecule has 2 aromatic heterocycles. The highest BCUT2D eigenvalue weighted by atomic mass is 19.1. The Kier molecular flexibility index (Phi) is 3.48. The van der Waals surface area contributed by atoms with Crippen LogP contribution in [0.15, 0.2) is 16.7 Å². The minimum Gasteiger partial charge on any atom is -0.425 e. The van der Waals surface area contributed by atoms with Crippen LogP contribution >= 0.6 is 0 Å². The van der Waals surface area contributed by atoms with E-state index in [4.69, 9.17) is 9.68 Å². The summed E-state index contributed by atoms with van der Waals surface area (Å²) in [6.45, 7) is 3.33. The van der Waals surface area contributed by atoms with Crippen LogP contribution in [0.5, 0.6) is 0 Å². The molecule has 1 saturated heterocycles. The number of fused-ring (bicyclic) bond motifs is 1. The van der Waals surface area contributed by atoms with Crippen molar-refractivity contribution in [2.24, 2.45) is 5.92 Å². The van der Waals surface area contributed by atoms with E-state index in [0.717, 1.165) is 25.8 Å². The predicted molar refractivity (Wildman–Crippen MR) is 83.8 cm³/mol. The molecule has 0 bridgehead atoms. The van der Waals surface area contributed by atoms with Gasteiger partial charge in [0.05, 0.1) is 11.0 Å². The number of nitriles is 1. The Labute approximate surface area is 139 Å². The number of nitrogens with zero attached hydrogens (tertiary/aromatic N) is 5. The van der Waals surface area contributed by atoms with Crippen molar-refractivity contribution in [1.29, 1.82) is 5.26 Å². The SMILES string of the molecule is CCc1nnc([C@]23CCC[C@H]2CN(c2ncc(C#N)cc2F)C3)o1. The van der Waals surface area contributed by atoms with E-state index in [-0.39, 0.29) is 11.0 Å². The molecule has 4 rings (SSSR count). The van der Waals surface area contributed by atoms with Gasteiger partial charge < -0.3 is 9.32 Å². The molecule has 2 aliphatic rings. The van der Waals surface area contributed by atoms with Gasteiger partial charge in [-0.05, 0) is 24.8 Å². The van der Waals surface area contributed by atoms with Crippen molar-refractivity contribution in [3.05, 3.63) is 35.4 Å². The maximum Gasteiger partial charge on any atom is 0.224 e. The van der Waals surface area contributed by atoms with Crippen LogP contribution < -0.4 is 4.90 Å². The summed E-state index contributed by atoms with van der Waals surface area (Å²) in [5, 5.41) is 17.3. The monoisotopic (exact) mass is 327 g/mol. The molecule has 0 aromatic carbocycles. The smallest absolute Gasteiger partial charge is 0.224 e. The molecule has 2 atom stereocenters. The second-order valence-electron chi connectivity index (χ2n) is 6.62. The summed E-state index contributed by atoms with van der Waals surface area (Å²) in [4.78, 5) is 6.12. The average Bonchev–Trinajstić information content (AvgIpc) is 3.27. The van der Waals surface area contributed by atoms with E-state index in [1.54, 1.807) is 0 Å². The van der Waals surface area contributed by atoms with Crippen LogP contribution in [0, 0.1) is 23.1 Å². The molecule has 24 heavy (non-hydrogen) atoms. The number of hydrogen-bond acceptors (Lipinski definition) is 6. The first-order valence-corrected chi connectivity index (χ1v) is 8.29. The van der Waals surface area contributed by atoms with Crippen molar-refractivity contribution in [3.63, 3.8) is 0 Å². The van der Waals surface area contributed by atoms with Gasteiger partial charge >= 0.3 is 0 Å². The highest BCUT2D eigenvalue weighted by Crippen LogP contribution is 2.50. The molecule has 2 aromatic rings. The fraction of sp³-hybridized carbons (Fsp3) is 0.529. The number of aryl methyl sites for hydroxylation is 1. The van der Waals surface area contributed by atoms with E-state index in [1.165, 1.54) is 12.3 Å². The molecular weight excluding hydrogens is 309 g/mol. The molecule has 1 saturated carbocycles. The number of rotatable bonds is 3. The number of anilines is 1. The lowest BCUT2D eigenvalue weighted by molar-refractivity contribution is 0.297. The molecule has 0 unspecified atom stereocenters. The molecule has 3 heterocycles. The van der Waals surface area contributed by atoms with Crippen molar-refractivity contribution in [2.45, 2.75) is 38.0 Å². The van der Waals surface area contributed by atoms with Gasteiger partial charge in [0.2, 0.25) is 11.8 Å². The van der Waals surface area contributed by atoms with Gasteiger partial charge in [0.1, 0.15) is 6.07 Å². The summed E-state index contributed by atoms with van der Waals surface area (Å²) in [7, 11) is 0. The fourth-order valence-corrected chi connectivity index (χ4v) is 4.12. The van der Waals surface area contributed by atoms with E-state index in [1.807, 2.05) is 17.9 Å². The first kappa shape index (κ1) is 15.1. The number of pyridine rings is 1. The first-order chi connectivity index (χ1) is 11.7. The third-order valence-electron chi connectivity index (χ3n) is 5.32. The Bertz CT molecular complexity index is 814. The Hall–Kier alpha value is -2.49. The molecular formula is C17H18FN5O. The molecule has 0 spiro atoms. The Morgan fingerprint density at radius 2 is 2.38 bits per heavy atom. The first-order valence-electron chi connectivity index (χ1n) is 8.29. The van der Waals surface area contributed by atoms with Crippen molar-refractivity contribution in [1.82, 2.24) is 15.2 Å². The molecule has 6 nitrogen and oxygen atoms in total. The van der Waals surface area contributed by atoms with Crippen LogP contribution in [0.2, 0.25) is 0 Å². The lowest BCUT2D eigenvalue weighted by atomic mass is 9.80. The van der Waals surface area contributed by atoms with E-state index in [2.05, 4.69) is 15.2 Å². The quantitative estimate of drug-likeness (QED) is 0.862. The van der Waals surface area contributed by atoms with Gasteiger partial charge in [-0.15, -0.1) is 10.2 Å². The second kappa shape index (κ2) is 5.55. The predicted octanol–water partition coefficient (Wildman–Crippen LogP) is 2.60. The average molecular weight is 327 g/mol. The zero-order valence-electron chi connectivity index (χ0n) is 13.5. The van der Waals surface area contributed by atoms with E-state index < -0.39 is 5.82 Å². The second-order valence-corrected chi connectivity index (χ2v) is 6.62. The molecule has 0 N–H and O–H groups in total. The summed E-state index contributed by atoms with van der Waals surface area (Å²) < 4.78 is 20.2. The minimum atomic E-state index is -0.455. The topological polar surface area (TPSA) is 78.8 Å². The molecule has 1 aliphatic heterocycles. The maximum atomic E-state index is 14.3. The van der Waals surface area contributed by atoms with Crippen molar-refractivity contribution in [3.8, 4) is 6.07 Å². The van der Waals surface area contributed by atoms with Gasteiger partial charge in [0.25, 0.3) is 0 Å². The van der Waals surface area contributed by atoms with Crippen LogP contribution in [0.1, 0.15) is 43.5 Å². The molecule has 0 amide bonds. The molecule has 2 fully saturated rings. The summed E-state index contributed by atoms with van der Waals surface area (Å²) in [6.07, 6.45) is 5.28. The van der Waals surface area contributed by atoms with Crippen LogP contribution in [-0.4, -0.2) is 28.3 Å². The summed E-state index contributed by atoms with van der Waals surface area (Å²) in [6, 6.07) is 3.15. The van der Waals surface area contributed by atoms with Crippen LogP contribution in [-0.2, 0) is 11.8 Å². The number of aromatic nitrogens is 3. The molecule has 0 radical (unpaired) electrons. The normalized spacial score (nSPS) is 25.7. The molecule has 124 valence electrons. The Morgan fingerprint density at radius 3 is 3.08 bits per heavy atom. The largest absolute Gasteiger partial charge is 0.425 e. The maximum absolute atomic E-state index is 14.3. The van der Waals surface area contributed by atoms with Gasteiger partial charge in [-0.25, -0.2) is 9.37 Å². The van der Waals surface area contributed by atoms with Gasteiger partial charge in [0, 0.05) is 25.7 Å². The van der Waals surface area contributed by atoms with Crippen molar-refractivity contribution in [2.75, 3.05) is 18.0 Å². The fourth-order valence-electron chi connectivity index (χ4n) is 4.12. The Morgan fingerprint density at radius 1 is 1.50 bits per heavy atom. The van der Waals surface area contributed by atoms with E-state index in [0.29, 0.717) is 36.5 Å².